The summed E-state index contributed by atoms with van der Waals surface area (Å²) in [5.41, 5.74) is 6.08. The third-order valence-corrected chi connectivity index (χ3v) is 1.92. The van der Waals surface area contributed by atoms with Crippen molar-refractivity contribution in [1.29, 1.82) is 0 Å². The zero-order chi connectivity index (χ0) is 8.55. The summed E-state index contributed by atoms with van der Waals surface area (Å²) < 4.78 is 0. The number of nitrogens with one attached hydrogen (secondary N) is 2. The summed E-state index contributed by atoms with van der Waals surface area (Å²) in [6.07, 6.45) is 3.93. The van der Waals surface area contributed by atoms with Crippen molar-refractivity contribution in [3.05, 3.63) is 18.0 Å². The molecular weight excluding hydrogens is 156 g/mol. The summed E-state index contributed by atoms with van der Waals surface area (Å²) in [5, 5.41) is 9.03. The maximum absolute atomic E-state index is 11.3. The molecule has 5 heteroatoms. The molecule has 5 nitrogen and oxygen atoms in total. The Morgan fingerprint density at radius 1 is 1.83 bits per heavy atom. The van der Waals surface area contributed by atoms with Crippen molar-refractivity contribution in [2.75, 3.05) is 0 Å². The van der Waals surface area contributed by atoms with Crippen molar-refractivity contribution >= 4 is 5.91 Å². The first-order chi connectivity index (χ1) is 5.77. The van der Waals surface area contributed by atoms with Crippen LogP contribution < -0.4 is 11.1 Å². The van der Waals surface area contributed by atoms with Crippen LogP contribution in [0.15, 0.2) is 12.4 Å². The third-order valence-electron chi connectivity index (χ3n) is 1.92. The molecular formula is C7H10N4O. The molecule has 0 radical (unpaired) electrons. The summed E-state index contributed by atoms with van der Waals surface area (Å²) in [7, 11) is 0. The largest absolute Gasteiger partial charge is 0.348 e. The van der Waals surface area contributed by atoms with Crippen LogP contribution in [-0.4, -0.2) is 28.2 Å². The molecule has 1 fully saturated rings. The lowest BCUT2D eigenvalue weighted by Gasteiger charge is -1.99. The molecule has 1 aromatic rings. The van der Waals surface area contributed by atoms with Gasteiger partial charge in [-0.2, -0.15) is 5.10 Å². The van der Waals surface area contributed by atoms with Crippen LogP contribution in [0.1, 0.15) is 16.8 Å². The summed E-state index contributed by atoms with van der Waals surface area (Å²) in [6, 6.07) is 0.299. The van der Waals surface area contributed by atoms with Gasteiger partial charge in [0.05, 0.1) is 11.8 Å². The van der Waals surface area contributed by atoms with Gasteiger partial charge in [0.25, 0.3) is 5.91 Å². The minimum atomic E-state index is -0.110. The molecule has 1 aliphatic carbocycles. The van der Waals surface area contributed by atoms with E-state index in [9.17, 15) is 4.79 Å². The first kappa shape index (κ1) is 7.30. The van der Waals surface area contributed by atoms with E-state index in [0.717, 1.165) is 6.42 Å². The highest BCUT2D eigenvalue weighted by atomic mass is 16.1. The topological polar surface area (TPSA) is 83.8 Å². The highest BCUT2D eigenvalue weighted by Crippen LogP contribution is 2.18. The lowest BCUT2D eigenvalue weighted by Crippen LogP contribution is -2.29. The molecule has 0 aliphatic heterocycles. The van der Waals surface area contributed by atoms with E-state index in [-0.39, 0.29) is 18.0 Å². The summed E-state index contributed by atoms with van der Waals surface area (Å²) >= 11 is 0. The number of carbonyl (C=O) groups excluding carboxylic acids is 1. The molecule has 1 amide bonds. The van der Waals surface area contributed by atoms with E-state index in [1.165, 1.54) is 6.20 Å². The summed E-state index contributed by atoms with van der Waals surface area (Å²) in [4.78, 5) is 11.3. The quantitative estimate of drug-likeness (QED) is 0.540. The maximum atomic E-state index is 11.3. The van der Waals surface area contributed by atoms with Crippen LogP contribution in [0, 0.1) is 0 Å². The second-order valence-electron chi connectivity index (χ2n) is 2.97. The second kappa shape index (κ2) is 2.60. The van der Waals surface area contributed by atoms with Crippen LogP contribution >= 0.6 is 0 Å². The summed E-state index contributed by atoms with van der Waals surface area (Å²) in [5.74, 6) is -0.110. The highest BCUT2D eigenvalue weighted by Gasteiger charge is 2.34. The number of nitrogens with two attached hydrogens (primary N) is 1. The molecule has 0 saturated heterocycles. The van der Waals surface area contributed by atoms with E-state index < -0.39 is 0 Å². The molecule has 12 heavy (non-hydrogen) atoms. The summed E-state index contributed by atoms with van der Waals surface area (Å²) in [6.45, 7) is 0. The molecule has 1 aromatic heterocycles. The number of H-pyrrole nitrogens is 1. The van der Waals surface area contributed by atoms with Gasteiger partial charge in [-0.3, -0.25) is 9.89 Å². The zero-order valence-electron chi connectivity index (χ0n) is 6.45. The van der Waals surface area contributed by atoms with Crippen LogP contribution in [0.25, 0.3) is 0 Å². The Morgan fingerprint density at radius 3 is 3.08 bits per heavy atom. The number of amides is 1. The van der Waals surface area contributed by atoms with Crippen molar-refractivity contribution in [2.45, 2.75) is 18.5 Å². The predicted molar refractivity (Wildman–Crippen MR) is 42.4 cm³/mol. The molecule has 1 aliphatic rings. The number of rotatable bonds is 2. The average molecular weight is 166 g/mol. The van der Waals surface area contributed by atoms with E-state index in [1.807, 2.05) is 0 Å². The van der Waals surface area contributed by atoms with Gasteiger partial charge in [-0.05, 0) is 6.42 Å². The Balaban J connectivity index is 1.93. The third kappa shape index (κ3) is 1.31. The van der Waals surface area contributed by atoms with Gasteiger partial charge in [0.2, 0.25) is 0 Å². The molecule has 0 aromatic carbocycles. The molecule has 2 rings (SSSR count). The van der Waals surface area contributed by atoms with E-state index in [2.05, 4.69) is 15.5 Å². The lowest BCUT2D eigenvalue weighted by atomic mass is 10.3. The van der Waals surface area contributed by atoms with Crippen LogP contribution in [0.3, 0.4) is 0 Å². The van der Waals surface area contributed by atoms with E-state index in [0.29, 0.717) is 5.56 Å². The molecule has 2 atom stereocenters. The molecule has 1 saturated carbocycles. The van der Waals surface area contributed by atoms with Crippen molar-refractivity contribution in [3.8, 4) is 0 Å². The van der Waals surface area contributed by atoms with Gasteiger partial charge in [-0.25, -0.2) is 0 Å². The fraction of sp³-hybridized carbons (Fsp3) is 0.429. The van der Waals surface area contributed by atoms with E-state index >= 15 is 0 Å². The number of aromatic amines is 1. The number of hydrogen-bond acceptors (Lipinski definition) is 3. The molecule has 2 unspecified atom stereocenters. The zero-order valence-corrected chi connectivity index (χ0v) is 6.45. The van der Waals surface area contributed by atoms with Gasteiger partial charge >= 0.3 is 0 Å². The van der Waals surface area contributed by atoms with Gasteiger partial charge < -0.3 is 11.1 Å². The fourth-order valence-electron chi connectivity index (χ4n) is 1.01. The minimum Gasteiger partial charge on any atom is -0.348 e. The van der Waals surface area contributed by atoms with Crippen molar-refractivity contribution < 1.29 is 4.79 Å². The number of aromatic nitrogens is 2. The number of nitrogens with zero attached hydrogens (tertiary/aromatic N) is 1. The van der Waals surface area contributed by atoms with E-state index in [4.69, 9.17) is 5.73 Å². The first-order valence-corrected chi connectivity index (χ1v) is 3.82. The number of hydrogen-bond donors (Lipinski definition) is 3. The second-order valence-corrected chi connectivity index (χ2v) is 2.97. The van der Waals surface area contributed by atoms with Crippen LogP contribution in [0.5, 0.6) is 0 Å². The Bertz CT molecular complexity index is 282. The maximum Gasteiger partial charge on any atom is 0.254 e. The average Bonchev–Trinajstić information content (AvgIpc) is 2.58. The predicted octanol–water partition coefficient (Wildman–Crippen LogP) is -0.761. The van der Waals surface area contributed by atoms with Crippen LogP contribution in [0.2, 0.25) is 0 Å². The smallest absolute Gasteiger partial charge is 0.254 e. The van der Waals surface area contributed by atoms with Crippen LogP contribution in [0.4, 0.5) is 0 Å². The standard InChI is InChI=1S/C7H10N4O/c8-5-1-6(5)11-7(12)4-2-9-10-3-4/h2-3,5-6H,1,8H2,(H,9,10)(H,11,12). The van der Waals surface area contributed by atoms with Gasteiger partial charge in [0, 0.05) is 18.3 Å². The molecule has 64 valence electrons. The van der Waals surface area contributed by atoms with Gasteiger partial charge in [0.15, 0.2) is 0 Å². The normalized spacial score (nSPS) is 26.8. The Hall–Kier alpha value is -1.36. The van der Waals surface area contributed by atoms with Crippen LogP contribution in [-0.2, 0) is 0 Å². The SMILES string of the molecule is NC1CC1NC(=O)c1cn[nH]c1. The van der Waals surface area contributed by atoms with Crippen molar-refractivity contribution in [2.24, 2.45) is 5.73 Å². The Morgan fingerprint density at radius 2 is 2.58 bits per heavy atom. The molecule has 1 heterocycles. The van der Waals surface area contributed by atoms with Crippen molar-refractivity contribution in [1.82, 2.24) is 15.5 Å². The number of carbonyl (C=O) groups is 1. The highest BCUT2D eigenvalue weighted by molar-refractivity contribution is 5.94. The Labute approximate surface area is 69.3 Å². The Kier molecular flexibility index (Phi) is 1.58. The molecule has 4 N–H and O–H groups in total. The van der Waals surface area contributed by atoms with Gasteiger partial charge in [-0.1, -0.05) is 0 Å². The molecule has 0 bridgehead atoms. The van der Waals surface area contributed by atoms with Gasteiger partial charge in [0.1, 0.15) is 0 Å². The van der Waals surface area contributed by atoms with Gasteiger partial charge in [-0.15, -0.1) is 0 Å². The molecule has 0 spiro atoms. The van der Waals surface area contributed by atoms with Crippen molar-refractivity contribution in [3.63, 3.8) is 0 Å². The first-order valence-electron chi connectivity index (χ1n) is 3.82. The monoisotopic (exact) mass is 166 g/mol. The van der Waals surface area contributed by atoms with E-state index in [1.54, 1.807) is 6.20 Å². The lowest BCUT2D eigenvalue weighted by molar-refractivity contribution is 0.0950. The minimum absolute atomic E-state index is 0.110. The fourth-order valence-corrected chi connectivity index (χ4v) is 1.01.